The van der Waals surface area contributed by atoms with Crippen molar-refractivity contribution in [3.05, 3.63) is 65.0 Å². The van der Waals surface area contributed by atoms with Crippen LogP contribution < -0.4 is 10.6 Å². The molecule has 34 heavy (non-hydrogen) atoms. The molecule has 0 radical (unpaired) electrons. The molecule has 1 aromatic heterocycles. The number of carbonyl (C=O) groups excluding carboxylic acids is 1. The minimum atomic E-state index is -0.653. The van der Waals surface area contributed by atoms with Crippen molar-refractivity contribution in [1.82, 2.24) is 10.2 Å². The van der Waals surface area contributed by atoms with E-state index in [1.807, 2.05) is 24.3 Å². The second kappa shape index (κ2) is 9.10. The molecule has 0 aliphatic heterocycles. The Morgan fingerprint density at radius 3 is 2.44 bits per heavy atom. The number of nitrogens with zero attached hydrogens (tertiary/aromatic N) is 2. The van der Waals surface area contributed by atoms with Crippen LogP contribution in [0, 0.1) is 11.3 Å². The first-order chi connectivity index (χ1) is 16.4. The third kappa shape index (κ3) is 4.77. The Labute approximate surface area is 201 Å². The first kappa shape index (κ1) is 22.4. The lowest BCUT2D eigenvalue weighted by Gasteiger charge is -2.50. The first-order valence-electron chi connectivity index (χ1n) is 11.4. The second-order valence-electron chi connectivity index (χ2n) is 9.34. The molecule has 176 valence electrons. The summed E-state index contributed by atoms with van der Waals surface area (Å²) in [5.41, 5.74) is 2.81. The summed E-state index contributed by atoms with van der Waals surface area (Å²) >= 11 is 5.96. The molecule has 2 aliphatic rings. The van der Waals surface area contributed by atoms with Gasteiger partial charge in [-0.3, -0.25) is 9.59 Å². The highest BCUT2D eigenvalue weighted by Crippen LogP contribution is 2.57. The highest BCUT2D eigenvalue weighted by molar-refractivity contribution is 6.30. The van der Waals surface area contributed by atoms with Crippen LogP contribution in [0.1, 0.15) is 60.7 Å². The Morgan fingerprint density at radius 1 is 1.03 bits per heavy atom. The van der Waals surface area contributed by atoms with Gasteiger partial charge in [0.05, 0.1) is 5.92 Å². The number of carboxylic acid groups (broad SMARTS) is 1. The van der Waals surface area contributed by atoms with Gasteiger partial charge in [-0.15, -0.1) is 5.10 Å². The van der Waals surface area contributed by atoms with Crippen LogP contribution in [0.25, 0.3) is 0 Å². The molecule has 0 bridgehead atoms. The average molecular weight is 481 g/mol. The molecule has 3 aromatic rings. The van der Waals surface area contributed by atoms with Crippen molar-refractivity contribution in [2.24, 2.45) is 11.3 Å². The summed E-state index contributed by atoms with van der Waals surface area (Å²) in [5, 5.41) is 23.1. The van der Waals surface area contributed by atoms with Crippen molar-refractivity contribution in [3.8, 4) is 0 Å². The highest BCUT2D eigenvalue weighted by atomic mass is 35.5. The van der Waals surface area contributed by atoms with Gasteiger partial charge in [-0.05, 0) is 85.8 Å². The molecule has 1 amide bonds. The van der Waals surface area contributed by atoms with Gasteiger partial charge in [0.2, 0.25) is 0 Å². The number of benzene rings is 2. The highest BCUT2D eigenvalue weighted by Gasteiger charge is 2.48. The summed E-state index contributed by atoms with van der Waals surface area (Å²) in [5.74, 6) is -0.972. The van der Waals surface area contributed by atoms with Crippen LogP contribution in [0.4, 0.5) is 17.4 Å². The van der Waals surface area contributed by atoms with Crippen LogP contribution in [0.3, 0.4) is 0 Å². The average Bonchev–Trinajstić information content (AvgIpc) is 3.27. The lowest BCUT2D eigenvalue weighted by Crippen LogP contribution is -2.43. The summed E-state index contributed by atoms with van der Waals surface area (Å²) < 4.78 is 5.41. The Bertz CT molecular complexity index is 1190. The van der Waals surface area contributed by atoms with Crippen molar-refractivity contribution in [2.75, 3.05) is 10.6 Å². The quantitative estimate of drug-likeness (QED) is 0.404. The van der Waals surface area contributed by atoms with E-state index in [9.17, 15) is 9.59 Å². The Balaban J connectivity index is 1.14. The standard InChI is InChI=1S/C25H25ClN4O4/c26-18-2-1-3-20(12-18)28-24-30-29-22(34-24)21(31)27-19-6-4-15(5-7-19)16-8-10-25(11-9-16)13-17(14-25)23(32)33/h1-7,12,16-17H,8-11,13-14H2,(H,27,31)(H,28,30)(H,32,33). The van der Waals surface area contributed by atoms with Gasteiger partial charge in [0.15, 0.2) is 0 Å². The van der Waals surface area contributed by atoms with Gasteiger partial charge in [-0.1, -0.05) is 34.9 Å². The molecule has 2 aliphatic carbocycles. The number of nitrogens with one attached hydrogen (secondary N) is 2. The van der Waals surface area contributed by atoms with Crippen molar-refractivity contribution < 1.29 is 19.1 Å². The number of hydrogen-bond donors (Lipinski definition) is 3. The largest absolute Gasteiger partial charge is 0.481 e. The molecule has 0 saturated heterocycles. The fourth-order valence-electron chi connectivity index (χ4n) is 5.21. The van der Waals surface area contributed by atoms with Gasteiger partial charge in [-0.25, -0.2) is 0 Å². The van der Waals surface area contributed by atoms with E-state index in [1.54, 1.807) is 24.3 Å². The molecule has 3 N–H and O–H groups in total. The van der Waals surface area contributed by atoms with E-state index in [-0.39, 0.29) is 23.2 Å². The number of halogens is 1. The Morgan fingerprint density at radius 2 is 1.76 bits per heavy atom. The Kier molecular flexibility index (Phi) is 6.00. The van der Waals surface area contributed by atoms with Crippen LogP contribution in [0.2, 0.25) is 5.02 Å². The fraction of sp³-hybridized carbons (Fsp3) is 0.360. The van der Waals surface area contributed by atoms with Crippen LogP contribution in [-0.4, -0.2) is 27.2 Å². The second-order valence-corrected chi connectivity index (χ2v) is 9.78. The molecule has 2 fully saturated rings. The Hall–Kier alpha value is -3.39. The summed E-state index contributed by atoms with van der Waals surface area (Å²) in [4.78, 5) is 23.6. The molecular weight excluding hydrogens is 456 g/mol. The van der Waals surface area contributed by atoms with Crippen LogP contribution in [0.15, 0.2) is 52.9 Å². The molecule has 2 saturated carbocycles. The van der Waals surface area contributed by atoms with E-state index in [4.69, 9.17) is 21.1 Å². The van der Waals surface area contributed by atoms with E-state index >= 15 is 0 Å². The number of aliphatic carboxylic acids is 1. The van der Waals surface area contributed by atoms with Crippen LogP contribution in [0.5, 0.6) is 0 Å². The maximum absolute atomic E-state index is 12.5. The van der Waals surface area contributed by atoms with E-state index in [1.165, 1.54) is 5.56 Å². The maximum atomic E-state index is 12.5. The molecule has 8 nitrogen and oxygen atoms in total. The zero-order valence-electron chi connectivity index (χ0n) is 18.5. The van der Waals surface area contributed by atoms with Gasteiger partial charge in [0.1, 0.15) is 0 Å². The molecule has 1 heterocycles. The van der Waals surface area contributed by atoms with Gasteiger partial charge in [-0.2, -0.15) is 0 Å². The molecule has 2 aromatic carbocycles. The number of amides is 1. The monoisotopic (exact) mass is 480 g/mol. The topological polar surface area (TPSA) is 117 Å². The predicted molar refractivity (Wildman–Crippen MR) is 127 cm³/mol. The molecular formula is C25H25ClN4O4. The summed E-state index contributed by atoms with van der Waals surface area (Å²) in [6.45, 7) is 0. The normalized spacial score (nSPS) is 23.8. The third-order valence-corrected chi connectivity index (χ3v) is 7.32. The first-order valence-corrected chi connectivity index (χ1v) is 11.8. The number of hydrogen-bond acceptors (Lipinski definition) is 6. The van der Waals surface area contributed by atoms with Gasteiger partial charge < -0.3 is 20.2 Å². The van der Waals surface area contributed by atoms with Gasteiger partial charge in [0.25, 0.3) is 0 Å². The lowest BCUT2D eigenvalue weighted by atomic mass is 9.54. The van der Waals surface area contributed by atoms with Gasteiger partial charge in [0, 0.05) is 16.4 Å². The number of anilines is 3. The maximum Gasteiger partial charge on any atom is 0.320 e. The van der Waals surface area contributed by atoms with Crippen LogP contribution in [-0.2, 0) is 4.79 Å². The molecule has 1 spiro atoms. The molecule has 9 heteroatoms. The molecule has 5 rings (SSSR count). The molecule has 0 atom stereocenters. The van der Waals surface area contributed by atoms with Crippen molar-refractivity contribution >= 4 is 40.9 Å². The summed E-state index contributed by atoms with van der Waals surface area (Å²) in [6.07, 6.45) is 5.97. The zero-order chi connectivity index (χ0) is 23.7. The zero-order valence-corrected chi connectivity index (χ0v) is 19.2. The number of rotatable bonds is 6. The van der Waals surface area contributed by atoms with Crippen molar-refractivity contribution in [3.63, 3.8) is 0 Å². The SMILES string of the molecule is O=C(Nc1ccc(C2CCC3(CC2)CC(C(=O)O)C3)cc1)c1nnc(Nc2cccc(Cl)c2)o1. The minimum absolute atomic E-state index is 0.0963. The predicted octanol–water partition coefficient (Wildman–Crippen LogP) is 5.86. The van der Waals surface area contributed by atoms with Crippen molar-refractivity contribution in [1.29, 1.82) is 0 Å². The smallest absolute Gasteiger partial charge is 0.320 e. The third-order valence-electron chi connectivity index (χ3n) is 7.09. The van der Waals surface area contributed by atoms with E-state index in [0.717, 1.165) is 38.5 Å². The van der Waals surface area contributed by atoms with E-state index < -0.39 is 11.9 Å². The van der Waals surface area contributed by atoms with E-state index in [0.29, 0.717) is 22.3 Å². The van der Waals surface area contributed by atoms with Crippen molar-refractivity contribution in [2.45, 2.75) is 44.4 Å². The number of aromatic nitrogens is 2. The van der Waals surface area contributed by atoms with Gasteiger partial charge >= 0.3 is 23.8 Å². The number of carboxylic acids is 1. The van der Waals surface area contributed by atoms with Crippen LogP contribution >= 0.6 is 11.6 Å². The fourth-order valence-corrected chi connectivity index (χ4v) is 5.40. The lowest BCUT2D eigenvalue weighted by molar-refractivity contribution is -0.151. The van der Waals surface area contributed by atoms with E-state index in [2.05, 4.69) is 20.8 Å². The summed E-state index contributed by atoms with van der Waals surface area (Å²) in [7, 11) is 0. The summed E-state index contributed by atoms with van der Waals surface area (Å²) in [6, 6.07) is 15.0. The molecule has 0 unspecified atom stereocenters. The minimum Gasteiger partial charge on any atom is -0.481 e. The number of carbonyl (C=O) groups is 2.